The molecule has 0 aliphatic heterocycles. The molecule has 0 radical (unpaired) electrons. The van der Waals surface area contributed by atoms with Crippen molar-refractivity contribution in [2.24, 2.45) is 5.29 Å². The number of nitroso groups, excluding NO2 is 1. The fourth-order valence-corrected chi connectivity index (χ4v) is 2.39. The van der Waals surface area contributed by atoms with E-state index in [-0.39, 0.29) is 0 Å². The third-order valence-electron chi connectivity index (χ3n) is 2.98. The molecule has 0 bridgehead atoms. The van der Waals surface area contributed by atoms with Crippen LogP contribution in [0.2, 0.25) is 0 Å². The summed E-state index contributed by atoms with van der Waals surface area (Å²) in [6.45, 7) is 8.06. The van der Waals surface area contributed by atoms with Crippen LogP contribution >= 0.6 is 0 Å². The molecule has 0 heterocycles. The normalized spacial score (nSPS) is 10.3. The molecule has 0 spiro atoms. The molecule has 2 rings (SSSR count). The van der Waals surface area contributed by atoms with Crippen LogP contribution in [0.15, 0.2) is 41.7 Å². The number of hydrogen-bond acceptors (Lipinski definition) is 2. The van der Waals surface area contributed by atoms with E-state index in [1.165, 1.54) is 5.01 Å². The molecule has 0 unspecified atom stereocenters. The molecule has 0 amide bonds. The summed E-state index contributed by atoms with van der Waals surface area (Å²) in [4.78, 5) is 11.2. The Morgan fingerprint density at radius 3 is 1.26 bits per heavy atom. The molecule has 0 atom stereocenters. The summed E-state index contributed by atoms with van der Waals surface area (Å²) in [6, 6.07) is 12.0. The van der Waals surface area contributed by atoms with Crippen LogP contribution in [-0.2, 0) is 0 Å². The maximum absolute atomic E-state index is 11.2. The lowest BCUT2D eigenvalue weighted by molar-refractivity contribution is 1.06. The average molecular weight is 254 g/mol. The van der Waals surface area contributed by atoms with E-state index in [1.807, 2.05) is 52.0 Å². The Kier molecular flexibility index (Phi) is 3.65. The molecular weight excluding hydrogens is 236 g/mol. The lowest BCUT2D eigenvalue weighted by Gasteiger charge is -2.17. The van der Waals surface area contributed by atoms with Crippen LogP contribution in [0.25, 0.3) is 0 Å². The van der Waals surface area contributed by atoms with Crippen molar-refractivity contribution in [2.75, 3.05) is 5.01 Å². The van der Waals surface area contributed by atoms with E-state index in [0.29, 0.717) is 0 Å². The molecule has 0 N–H and O–H groups in total. The minimum atomic E-state index is 0.803. The summed E-state index contributed by atoms with van der Waals surface area (Å²) < 4.78 is 0. The number of aryl methyl sites for hydroxylation is 4. The van der Waals surface area contributed by atoms with Gasteiger partial charge in [-0.3, -0.25) is 0 Å². The molecule has 19 heavy (non-hydrogen) atoms. The first kappa shape index (κ1) is 13.3. The van der Waals surface area contributed by atoms with Crippen molar-refractivity contribution in [3.63, 3.8) is 0 Å². The molecule has 2 aromatic carbocycles. The predicted octanol–water partition coefficient (Wildman–Crippen LogP) is 4.74. The molecule has 0 aromatic heterocycles. The van der Waals surface area contributed by atoms with Crippen molar-refractivity contribution in [2.45, 2.75) is 27.7 Å². The topological polar surface area (TPSA) is 32.7 Å². The minimum Gasteiger partial charge on any atom is -0.197 e. The van der Waals surface area contributed by atoms with Crippen molar-refractivity contribution in [3.05, 3.63) is 63.6 Å². The van der Waals surface area contributed by atoms with E-state index in [0.717, 1.165) is 33.6 Å². The Hall–Kier alpha value is -2.16. The number of rotatable bonds is 3. The molecule has 2 aromatic rings. The SMILES string of the molecule is Cc1cc(C)cc(N(N=O)c2cc(C)cc(C)c2)c1. The van der Waals surface area contributed by atoms with E-state index in [1.54, 1.807) is 0 Å². The van der Waals surface area contributed by atoms with E-state index in [9.17, 15) is 4.91 Å². The monoisotopic (exact) mass is 254 g/mol. The Bertz CT molecular complexity index is 528. The van der Waals surface area contributed by atoms with Crippen molar-refractivity contribution >= 4 is 11.4 Å². The van der Waals surface area contributed by atoms with Crippen LogP contribution < -0.4 is 5.01 Å². The van der Waals surface area contributed by atoms with Crippen LogP contribution in [-0.4, -0.2) is 0 Å². The zero-order valence-electron chi connectivity index (χ0n) is 11.8. The Morgan fingerprint density at radius 2 is 1.00 bits per heavy atom. The number of nitrogens with zero attached hydrogens (tertiary/aromatic N) is 2. The quantitative estimate of drug-likeness (QED) is 0.585. The van der Waals surface area contributed by atoms with Gasteiger partial charge in [-0.05, 0) is 74.2 Å². The summed E-state index contributed by atoms with van der Waals surface area (Å²) in [7, 11) is 0. The smallest absolute Gasteiger partial charge is 0.0690 e. The van der Waals surface area contributed by atoms with E-state index in [4.69, 9.17) is 0 Å². The molecular formula is C16H18N2O. The molecule has 0 fully saturated rings. The molecule has 98 valence electrons. The van der Waals surface area contributed by atoms with Gasteiger partial charge in [0.25, 0.3) is 0 Å². The number of anilines is 2. The van der Waals surface area contributed by atoms with Crippen molar-refractivity contribution in [3.8, 4) is 0 Å². The van der Waals surface area contributed by atoms with E-state index in [2.05, 4.69) is 17.4 Å². The fraction of sp³-hybridized carbons (Fsp3) is 0.250. The predicted molar refractivity (Wildman–Crippen MR) is 79.8 cm³/mol. The lowest BCUT2D eigenvalue weighted by Crippen LogP contribution is -2.08. The van der Waals surface area contributed by atoms with Gasteiger partial charge in [0.1, 0.15) is 0 Å². The first-order valence-electron chi connectivity index (χ1n) is 6.29. The van der Waals surface area contributed by atoms with Crippen molar-refractivity contribution in [1.82, 2.24) is 0 Å². The van der Waals surface area contributed by atoms with Crippen LogP contribution in [0.3, 0.4) is 0 Å². The Labute approximate surface area is 113 Å². The summed E-state index contributed by atoms with van der Waals surface area (Å²) >= 11 is 0. The van der Waals surface area contributed by atoms with Gasteiger partial charge >= 0.3 is 0 Å². The zero-order valence-corrected chi connectivity index (χ0v) is 11.8. The van der Waals surface area contributed by atoms with Crippen LogP contribution in [0.4, 0.5) is 11.4 Å². The van der Waals surface area contributed by atoms with Gasteiger partial charge in [-0.15, -0.1) is 4.91 Å². The Morgan fingerprint density at radius 1 is 0.684 bits per heavy atom. The van der Waals surface area contributed by atoms with Crippen LogP contribution in [0.1, 0.15) is 22.3 Å². The van der Waals surface area contributed by atoms with E-state index < -0.39 is 0 Å². The molecule has 0 saturated heterocycles. The van der Waals surface area contributed by atoms with Gasteiger partial charge in [0.2, 0.25) is 0 Å². The van der Waals surface area contributed by atoms with Gasteiger partial charge in [0.15, 0.2) is 0 Å². The zero-order chi connectivity index (χ0) is 14.0. The first-order valence-corrected chi connectivity index (χ1v) is 6.29. The van der Waals surface area contributed by atoms with Gasteiger partial charge in [-0.2, -0.15) is 5.01 Å². The molecule has 0 aliphatic carbocycles. The highest BCUT2D eigenvalue weighted by molar-refractivity contribution is 5.65. The van der Waals surface area contributed by atoms with Crippen molar-refractivity contribution in [1.29, 1.82) is 0 Å². The second-order valence-corrected chi connectivity index (χ2v) is 5.09. The number of hydrogen-bond donors (Lipinski definition) is 0. The van der Waals surface area contributed by atoms with Crippen molar-refractivity contribution < 1.29 is 0 Å². The average Bonchev–Trinajstić information content (AvgIpc) is 2.27. The van der Waals surface area contributed by atoms with Gasteiger partial charge < -0.3 is 0 Å². The van der Waals surface area contributed by atoms with E-state index >= 15 is 0 Å². The van der Waals surface area contributed by atoms with Gasteiger partial charge in [0.05, 0.1) is 16.7 Å². The highest BCUT2D eigenvalue weighted by atomic mass is 16.3. The summed E-state index contributed by atoms with van der Waals surface area (Å²) in [5.74, 6) is 0. The summed E-state index contributed by atoms with van der Waals surface area (Å²) in [6.07, 6.45) is 0. The van der Waals surface area contributed by atoms with Gasteiger partial charge in [-0.1, -0.05) is 12.1 Å². The first-order chi connectivity index (χ1) is 8.99. The standard InChI is InChI=1S/C16H18N2O/c1-11-5-12(2)8-15(7-11)18(17-19)16-9-13(3)6-14(4)10-16/h5-10H,1-4H3. The molecule has 0 aliphatic rings. The molecule has 3 heteroatoms. The highest BCUT2D eigenvalue weighted by Gasteiger charge is 2.11. The maximum Gasteiger partial charge on any atom is 0.0690 e. The summed E-state index contributed by atoms with van der Waals surface area (Å²) in [5, 5.41) is 4.62. The molecule has 3 nitrogen and oxygen atoms in total. The second kappa shape index (κ2) is 5.22. The highest BCUT2D eigenvalue weighted by Crippen LogP contribution is 2.29. The largest absolute Gasteiger partial charge is 0.197 e. The fourth-order valence-electron chi connectivity index (χ4n) is 2.39. The second-order valence-electron chi connectivity index (χ2n) is 5.09. The Balaban J connectivity index is 2.52. The van der Waals surface area contributed by atoms with Crippen LogP contribution in [0, 0.1) is 32.6 Å². The van der Waals surface area contributed by atoms with Crippen LogP contribution in [0.5, 0.6) is 0 Å². The third kappa shape index (κ3) is 2.99. The molecule has 0 saturated carbocycles. The number of benzene rings is 2. The van der Waals surface area contributed by atoms with Gasteiger partial charge in [0, 0.05) is 0 Å². The summed E-state index contributed by atoms with van der Waals surface area (Å²) in [5.41, 5.74) is 6.08. The minimum absolute atomic E-state index is 0.803. The van der Waals surface area contributed by atoms with Gasteiger partial charge in [-0.25, -0.2) is 0 Å². The third-order valence-corrected chi connectivity index (χ3v) is 2.98. The lowest BCUT2D eigenvalue weighted by atomic mass is 10.1. The maximum atomic E-state index is 11.2.